The molecule has 2 aliphatic heterocycles. The van der Waals surface area contributed by atoms with Gasteiger partial charge < -0.3 is 34.3 Å². The van der Waals surface area contributed by atoms with Gasteiger partial charge in [0.2, 0.25) is 5.91 Å². The molecule has 4 heterocycles. The number of amides is 1. The molecule has 6 rings (SSSR count). The second-order valence-electron chi connectivity index (χ2n) is 16.3. The molecule has 0 aliphatic carbocycles. The van der Waals surface area contributed by atoms with Crippen LogP contribution in [0.25, 0.3) is 6.08 Å². The number of carbonyl (C=O) groups excluding carboxylic acids is 2. The minimum Gasteiger partial charge on any atom is -0.477 e. The van der Waals surface area contributed by atoms with Crippen LogP contribution in [0, 0.1) is 0 Å². The molecule has 0 spiro atoms. The maximum Gasteiger partial charge on any atom is 0.354 e. The molecule has 1 fully saturated rings. The molecule has 14 nitrogen and oxygen atoms in total. The van der Waals surface area contributed by atoms with Gasteiger partial charge in [-0.05, 0) is 85.0 Å². The Bertz CT molecular complexity index is 2260. The van der Waals surface area contributed by atoms with Crippen LogP contribution in [-0.2, 0) is 43.3 Å². The quantitative estimate of drug-likeness (QED) is 0.103. The zero-order valence-electron chi connectivity index (χ0n) is 39.7. The van der Waals surface area contributed by atoms with Crippen molar-refractivity contribution in [2.24, 2.45) is 0 Å². The van der Waals surface area contributed by atoms with E-state index in [1.54, 1.807) is 18.2 Å². The summed E-state index contributed by atoms with van der Waals surface area (Å²) < 4.78 is 23.7. The average Bonchev–Trinajstić information content (AvgIpc) is 3.36. The molecule has 0 saturated carbocycles. The normalized spacial score (nSPS) is 18.1. The summed E-state index contributed by atoms with van der Waals surface area (Å²) in [6.07, 6.45) is 10.7. The summed E-state index contributed by atoms with van der Waals surface area (Å²) in [4.78, 5) is 50.8. The molecule has 362 valence electrons. The molecule has 2 N–H and O–H groups in total. The highest BCUT2D eigenvalue weighted by Gasteiger charge is 2.25. The minimum absolute atomic E-state index is 0.0249. The summed E-state index contributed by atoms with van der Waals surface area (Å²) in [5.41, 5.74) is 8.75. The Morgan fingerprint density at radius 3 is 2.04 bits per heavy atom. The summed E-state index contributed by atoms with van der Waals surface area (Å²) in [5.74, 6) is -0.896. The Labute approximate surface area is 402 Å². The molecule has 0 radical (unpaired) electrons. The van der Waals surface area contributed by atoms with Crippen LogP contribution in [0.3, 0.4) is 0 Å². The number of carboxylic acids is 1. The van der Waals surface area contributed by atoms with Gasteiger partial charge in [-0.1, -0.05) is 92.0 Å². The van der Waals surface area contributed by atoms with Crippen molar-refractivity contribution in [1.82, 2.24) is 30.0 Å². The molecule has 1 unspecified atom stereocenters. The third kappa shape index (κ3) is 17.3. The first-order chi connectivity index (χ1) is 33.2. The van der Waals surface area contributed by atoms with Gasteiger partial charge in [-0.25, -0.2) is 14.8 Å². The highest BCUT2D eigenvalue weighted by molar-refractivity contribution is 5.85. The van der Waals surface area contributed by atoms with Gasteiger partial charge in [-0.3, -0.25) is 19.4 Å². The number of hydrogen-bond acceptors (Lipinski definition) is 12. The van der Waals surface area contributed by atoms with Crippen molar-refractivity contribution in [3.63, 3.8) is 0 Å². The first-order valence-electron chi connectivity index (χ1n) is 23.4. The molecule has 1 amide bonds. The third-order valence-electron chi connectivity index (χ3n) is 11.6. The second kappa shape index (κ2) is 29.7. The van der Waals surface area contributed by atoms with E-state index in [2.05, 4.69) is 75.5 Å². The van der Waals surface area contributed by atoms with Gasteiger partial charge in [-0.2, -0.15) is 0 Å². The largest absolute Gasteiger partial charge is 0.477 e. The number of rotatable bonds is 13. The fraction of sp³-hybridized carbons (Fsp3) is 0.389. The van der Waals surface area contributed by atoms with Crippen molar-refractivity contribution in [2.45, 2.75) is 45.3 Å². The van der Waals surface area contributed by atoms with E-state index in [1.165, 1.54) is 22.8 Å². The second-order valence-corrected chi connectivity index (χ2v) is 16.3. The van der Waals surface area contributed by atoms with Crippen molar-refractivity contribution in [2.75, 3.05) is 92.6 Å². The number of aromatic nitrogens is 2. The topological polar surface area (TPSA) is 156 Å². The number of nitrogens with zero attached hydrogens (tertiary/aromatic N) is 5. The van der Waals surface area contributed by atoms with Crippen LogP contribution >= 0.6 is 0 Å². The van der Waals surface area contributed by atoms with Crippen LogP contribution in [-0.4, -0.2) is 141 Å². The number of carbonyl (C=O) groups is 3. The van der Waals surface area contributed by atoms with Crippen molar-refractivity contribution < 1.29 is 38.4 Å². The summed E-state index contributed by atoms with van der Waals surface area (Å²) in [7, 11) is 1.87. The fourth-order valence-electron chi connectivity index (χ4n) is 7.89. The zero-order valence-corrected chi connectivity index (χ0v) is 39.7. The van der Waals surface area contributed by atoms with E-state index < -0.39 is 5.97 Å². The van der Waals surface area contributed by atoms with E-state index in [0.717, 1.165) is 41.6 Å². The number of ether oxygens (including phenoxy) is 4. The van der Waals surface area contributed by atoms with E-state index in [1.807, 2.05) is 66.6 Å². The summed E-state index contributed by atoms with van der Waals surface area (Å²) in [6.45, 7) is 17.7. The Morgan fingerprint density at radius 2 is 1.43 bits per heavy atom. The predicted octanol–water partition coefficient (Wildman–Crippen LogP) is 7.19. The van der Waals surface area contributed by atoms with Crippen LogP contribution in [0.15, 0.2) is 128 Å². The van der Waals surface area contributed by atoms with E-state index >= 15 is 0 Å². The monoisotopic (exact) mass is 929 g/mol. The number of allylic oxidation sites excluding steroid dienone is 4. The highest BCUT2D eigenvalue weighted by Crippen LogP contribution is 2.29. The van der Waals surface area contributed by atoms with Gasteiger partial charge in [0.05, 0.1) is 76.8 Å². The maximum absolute atomic E-state index is 12.7. The number of aryl methyl sites for hydroxylation is 1. The maximum atomic E-state index is 12.7. The summed E-state index contributed by atoms with van der Waals surface area (Å²) in [6, 6.07) is 26.9. The van der Waals surface area contributed by atoms with Crippen molar-refractivity contribution >= 4 is 24.2 Å². The number of pyridine rings is 2. The summed E-state index contributed by atoms with van der Waals surface area (Å²) in [5, 5.41) is 12.3. The molecule has 1 saturated heterocycles. The highest BCUT2D eigenvalue weighted by atomic mass is 16.5. The standard InChI is InChI=1S/C34H42N4O7.C20H26N2O/c1-2-27-9-11-28(12-10-27)33(31-7-4-6-30(26-39)36-31)38-15-19-44-23-21-42-17-13-37(14-18-43-22-24-45-20-16-38)25-29-5-3-8-32(35-29)34(40)41;1-4-5-10-19-16(2)11-12-17-8-6-7-9-18(17)15-22(19)20(23)13-14-21-3/h2-12,26,33H,1,13-25H2,(H,40,41);4-10,21H,1,11-15H2,2-3H3/b;10-5-,19-16-. The van der Waals surface area contributed by atoms with Crippen molar-refractivity contribution in [3.8, 4) is 0 Å². The number of benzene rings is 2. The molecule has 0 bridgehead atoms. The lowest BCUT2D eigenvalue weighted by Gasteiger charge is -2.32. The van der Waals surface area contributed by atoms with Gasteiger partial charge in [0.25, 0.3) is 0 Å². The number of hydrogen-bond donors (Lipinski definition) is 2. The summed E-state index contributed by atoms with van der Waals surface area (Å²) >= 11 is 0. The van der Waals surface area contributed by atoms with E-state index in [4.69, 9.17) is 18.9 Å². The lowest BCUT2D eigenvalue weighted by Crippen LogP contribution is -2.36. The Morgan fingerprint density at radius 1 is 0.779 bits per heavy atom. The van der Waals surface area contributed by atoms with Crippen LogP contribution in [0.5, 0.6) is 0 Å². The van der Waals surface area contributed by atoms with Crippen LogP contribution < -0.4 is 5.32 Å². The number of fused-ring (bicyclic) bond motifs is 1. The molecule has 4 aromatic rings. The number of nitrogens with one attached hydrogen (secondary N) is 1. The molecule has 2 aliphatic rings. The van der Waals surface area contributed by atoms with Crippen LogP contribution in [0.4, 0.5) is 0 Å². The van der Waals surface area contributed by atoms with E-state index in [0.29, 0.717) is 116 Å². The average molecular weight is 929 g/mol. The Hall–Kier alpha value is -5.97. The van der Waals surface area contributed by atoms with Gasteiger partial charge in [0.15, 0.2) is 6.29 Å². The van der Waals surface area contributed by atoms with E-state index in [9.17, 15) is 19.5 Å². The van der Waals surface area contributed by atoms with Gasteiger partial charge in [0.1, 0.15) is 11.4 Å². The minimum atomic E-state index is -1.05. The molecular weight excluding hydrogens is 861 g/mol. The third-order valence-corrected chi connectivity index (χ3v) is 11.6. The predicted molar refractivity (Wildman–Crippen MR) is 265 cm³/mol. The van der Waals surface area contributed by atoms with Crippen molar-refractivity contribution in [3.05, 3.63) is 173 Å². The fourth-order valence-corrected chi connectivity index (χ4v) is 7.89. The molecule has 14 heteroatoms. The van der Waals surface area contributed by atoms with Gasteiger partial charge in [-0.15, -0.1) is 0 Å². The number of carboxylic acid groups (broad SMARTS) is 1. The molecular formula is C54H68N6O8. The molecule has 2 aromatic heterocycles. The first kappa shape index (κ1) is 53.0. The lowest BCUT2D eigenvalue weighted by molar-refractivity contribution is -0.129. The number of aromatic carboxylic acids is 1. The van der Waals surface area contributed by atoms with Gasteiger partial charge >= 0.3 is 5.97 Å². The first-order valence-corrected chi connectivity index (χ1v) is 23.4. The lowest BCUT2D eigenvalue weighted by atomic mass is 9.95. The van der Waals surface area contributed by atoms with Crippen LogP contribution in [0.1, 0.15) is 80.4 Å². The van der Waals surface area contributed by atoms with E-state index in [-0.39, 0.29) is 17.6 Å². The molecule has 68 heavy (non-hydrogen) atoms. The number of aldehydes is 1. The SMILES string of the molecule is C=C/C=C\C1=C(/C)CCc2ccccc2CN1C(=O)CCNC.C=Cc1ccc(C(c2cccc(C=O)n2)N2CCOCCOCCN(Cc3cccc(C(=O)O)n3)CCOCCOCC2)cc1. The molecule has 1 atom stereocenters. The smallest absolute Gasteiger partial charge is 0.354 e. The Kier molecular flexibility index (Phi) is 23.2. The van der Waals surface area contributed by atoms with Crippen LogP contribution in [0.2, 0.25) is 0 Å². The van der Waals surface area contributed by atoms with Crippen molar-refractivity contribution in [1.29, 1.82) is 0 Å². The van der Waals surface area contributed by atoms with Gasteiger partial charge in [0, 0.05) is 51.4 Å². The molecule has 2 aromatic carbocycles. The zero-order chi connectivity index (χ0) is 48.4. The Balaban J connectivity index is 0.000000314.